The van der Waals surface area contributed by atoms with E-state index in [-0.39, 0.29) is 5.91 Å². The first-order chi connectivity index (χ1) is 6.86. The summed E-state index contributed by atoms with van der Waals surface area (Å²) in [5.41, 5.74) is 7.82. The standard InChI is InChI=1S/C10H7N3O/c14-10-6-4-5-11-7-2-1-3-8(9(6)7)12-13-10/h1-5,12H,(H,13,14). The van der Waals surface area contributed by atoms with Gasteiger partial charge < -0.3 is 0 Å². The van der Waals surface area contributed by atoms with Crippen LogP contribution in [0.15, 0.2) is 30.5 Å². The van der Waals surface area contributed by atoms with Gasteiger partial charge in [0.1, 0.15) is 0 Å². The molecule has 2 heterocycles. The highest BCUT2D eigenvalue weighted by molar-refractivity contribution is 6.13. The van der Waals surface area contributed by atoms with Crippen molar-refractivity contribution in [1.82, 2.24) is 10.4 Å². The number of hydrazine groups is 1. The smallest absolute Gasteiger partial charge is 0.270 e. The predicted molar refractivity (Wildman–Crippen MR) is 52.8 cm³/mol. The lowest BCUT2D eigenvalue weighted by atomic mass is 10.1. The number of nitrogens with one attached hydrogen (secondary N) is 2. The van der Waals surface area contributed by atoms with Crippen LogP contribution in [0.4, 0.5) is 5.69 Å². The average Bonchev–Trinajstić information content (AvgIpc) is 2.24. The molecule has 0 saturated heterocycles. The molecule has 0 saturated carbocycles. The van der Waals surface area contributed by atoms with E-state index in [0.717, 1.165) is 16.6 Å². The summed E-state index contributed by atoms with van der Waals surface area (Å²) in [5, 5.41) is 0.888. The number of hydrogen-bond acceptors (Lipinski definition) is 3. The van der Waals surface area contributed by atoms with Crippen molar-refractivity contribution in [3.05, 3.63) is 36.0 Å². The zero-order valence-electron chi connectivity index (χ0n) is 7.24. The molecule has 4 nitrogen and oxygen atoms in total. The molecular weight excluding hydrogens is 178 g/mol. The average molecular weight is 185 g/mol. The second-order valence-electron chi connectivity index (χ2n) is 3.14. The van der Waals surface area contributed by atoms with E-state index < -0.39 is 0 Å². The lowest BCUT2D eigenvalue weighted by Gasteiger charge is -2.18. The Hall–Kier alpha value is -2.10. The van der Waals surface area contributed by atoms with Crippen molar-refractivity contribution in [2.45, 2.75) is 0 Å². The van der Waals surface area contributed by atoms with Crippen molar-refractivity contribution < 1.29 is 4.79 Å². The summed E-state index contributed by atoms with van der Waals surface area (Å²) in [6.45, 7) is 0. The van der Waals surface area contributed by atoms with Gasteiger partial charge in [-0.05, 0) is 18.2 Å². The third-order valence-corrected chi connectivity index (χ3v) is 2.32. The van der Waals surface area contributed by atoms with Crippen LogP contribution in [0.1, 0.15) is 10.4 Å². The number of nitrogens with zero attached hydrogens (tertiary/aromatic N) is 1. The third-order valence-electron chi connectivity index (χ3n) is 2.32. The second kappa shape index (κ2) is 2.45. The van der Waals surface area contributed by atoms with E-state index in [1.165, 1.54) is 0 Å². The Morgan fingerprint density at radius 2 is 2.07 bits per heavy atom. The molecule has 1 aliphatic heterocycles. The molecule has 0 atom stereocenters. The van der Waals surface area contributed by atoms with Gasteiger partial charge in [0, 0.05) is 11.6 Å². The maximum Gasteiger partial charge on any atom is 0.270 e. The first-order valence-electron chi connectivity index (χ1n) is 4.30. The number of pyridine rings is 1. The van der Waals surface area contributed by atoms with Crippen LogP contribution in [-0.4, -0.2) is 10.9 Å². The lowest BCUT2D eigenvalue weighted by molar-refractivity contribution is 0.0962. The van der Waals surface area contributed by atoms with Gasteiger partial charge in [-0.25, -0.2) is 0 Å². The topological polar surface area (TPSA) is 54.0 Å². The molecule has 1 amide bonds. The molecule has 2 N–H and O–H groups in total. The van der Waals surface area contributed by atoms with Crippen LogP contribution in [0.2, 0.25) is 0 Å². The highest BCUT2D eigenvalue weighted by Crippen LogP contribution is 2.27. The maximum absolute atomic E-state index is 11.5. The number of aromatic nitrogens is 1. The molecule has 14 heavy (non-hydrogen) atoms. The largest absolute Gasteiger partial charge is 0.298 e. The molecule has 4 heteroatoms. The first-order valence-corrected chi connectivity index (χ1v) is 4.30. The van der Waals surface area contributed by atoms with E-state index in [1.807, 2.05) is 18.2 Å². The molecule has 2 aromatic rings. The van der Waals surface area contributed by atoms with Gasteiger partial charge in [0.15, 0.2) is 0 Å². The minimum atomic E-state index is -0.115. The zero-order valence-corrected chi connectivity index (χ0v) is 7.24. The summed E-state index contributed by atoms with van der Waals surface area (Å²) in [6.07, 6.45) is 1.65. The third kappa shape index (κ3) is 0.821. The second-order valence-corrected chi connectivity index (χ2v) is 3.14. The Morgan fingerprint density at radius 3 is 3.00 bits per heavy atom. The van der Waals surface area contributed by atoms with Crippen molar-refractivity contribution >= 4 is 22.5 Å². The van der Waals surface area contributed by atoms with Gasteiger partial charge in [-0.3, -0.25) is 20.6 Å². The Morgan fingerprint density at radius 1 is 1.14 bits per heavy atom. The van der Waals surface area contributed by atoms with Crippen LogP contribution in [0.25, 0.3) is 10.9 Å². The minimum absolute atomic E-state index is 0.115. The van der Waals surface area contributed by atoms with Crippen LogP contribution < -0.4 is 10.9 Å². The number of hydrogen-bond donors (Lipinski definition) is 2. The summed E-state index contributed by atoms with van der Waals surface area (Å²) in [7, 11) is 0. The molecule has 0 fully saturated rings. The number of benzene rings is 1. The molecule has 68 valence electrons. The van der Waals surface area contributed by atoms with Crippen molar-refractivity contribution in [2.75, 3.05) is 5.43 Å². The molecule has 0 unspecified atom stereocenters. The van der Waals surface area contributed by atoms with Crippen molar-refractivity contribution in [3.8, 4) is 0 Å². The minimum Gasteiger partial charge on any atom is -0.298 e. The highest BCUT2D eigenvalue weighted by atomic mass is 16.2. The van der Waals surface area contributed by atoms with Crippen LogP contribution in [0, 0.1) is 0 Å². The molecule has 1 aliphatic rings. The number of anilines is 1. The van der Waals surface area contributed by atoms with E-state index in [1.54, 1.807) is 12.3 Å². The van der Waals surface area contributed by atoms with Crippen molar-refractivity contribution in [2.24, 2.45) is 0 Å². The first kappa shape index (κ1) is 7.32. The fourth-order valence-corrected chi connectivity index (χ4v) is 1.69. The van der Waals surface area contributed by atoms with E-state index in [9.17, 15) is 4.79 Å². The zero-order chi connectivity index (χ0) is 9.54. The number of rotatable bonds is 0. The molecular formula is C10H7N3O. The molecule has 1 aromatic carbocycles. The van der Waals surface area contributed by atoms with E-state index in [0.29, 0.717) is 5.56 Å². The van der Waals surface area contributed by atoms with Gasteiger partial charge in [0.2, 0.25) is 0 Å². The summed E-state index contributed by atoms with van der Waals surface area (Å²) < 4.78 is 0. The Balaban J connectivity index is 2.52. The Bertz CT molecular complexity index is 531. The monoisotopic (exact) mass is 185 g/mol. The summed E-state index contributed by atoms with van der Waals surface area (Å²) in [6, 6.07) is 7.43. The van der Waals surface area contributed by atoms with Gasteiger partial charge >= 0.3 is 0 Å². The van der Waals surface area contributed by atoms with Gasteiger partial charge in [-0.1, -0.05) is 6.07 Å². The Labute approximate surface area is 79.9 Å². The highest BCUT2D eigenvalue weighted by Gasteiger charge is 2.17. The van der Waals surface area contributed by atoms with Gasteiger partial charge in [0.05, 0.1) is 16.8 Å². The van der Waals surface area contributed by atoms with E-state index in [4.69, 9.17) is 0 Å². The van der Waals surface area contributed by atoms with Crippen LogP contribution in [0.3, 0.4) is 0 Å². The molecule has 0 spiro atoms. The summed E-state index contributed by atoms with van der Waals surface area (Å²) in [5.74, 6) is -0.115. The molecule has 0 aliphatic carbocycles. The predicted octanol–water partition coefficient (Wildman–Crippen LogP) is 1.31. The van der Waals surface area contributed by atoms with Crippen molar-refractivity contribution in [1.29, 1.82) is 0 Å². The summed E-state index contributed by atoms with van der Waals surface area (Å²) >= 11 is 0. The fourth-order valence-electron chi connectivity index (χ4n) is 1.69. The van der Waals surface area contributed by atoms with Gasteiger partial charge in [-0.15, -0.1) is 0 Å². The molecule has 0 radical (unpaired) electrons. The number of carbonyl (C=O) groups excluding carboxylic acids is 1. The molecule has 3 rings (SSSR count). The SMILES string of the molecule is O=C1NNc2cccc3nccc1c23. The molecule has 0 bridgehead atoms. The normalized spacial score (nSPS) is 13.6. The lowest BCUT2D eigenvalue weighted by Crippen LogP contribution is -2.33. The van der Waals surface area contributed by atoms with Crippen molar-refractivity contribution in [3.63, 3.8) is 0 Å². The quantitative estimate of drug-likeness (QED) is 0.650. The maximum atomic E-state index is 11.5. The van der Waals surface area contributed by atoms with E-state index >= 15 is 0 Å². The van der Waals surface area contributed by atoms with E-state index in [2.05, 4.69) is 15.8 Å². The fraction of sp³-hybridized carbons (Fsp3) is 0. The van der Waals surface area contributed by atoms with Gasteiger partial charge in [0.25, 0.3) is 5.91 Å². The van der Waals surface area contributed by atoms with Crippen LogP contribution in [-0.2, 0) is 0 Å². The number of carbonyl (C=O) groups is 1. The Kier molecular flexibility index (Phi) is 1.28. The summed E-state index contributed by atoms with van der Waals surface area (Å²) in [4.78, 5) is 15.7. The van der Waals surface area contributed by atoms with Crippen LogP contribution >= 0.6 is 0 Å². The number of amides is 1. The van der Waals surface area contributed by atoms with Crippen LogP contribution in [0.5, 0.6) is 0 Å². The molecule has 1 aromatic heterocycles. The van der Waals surface area contributed by atoms with Gasteiger partial charge in [-0.2, -0.15) is 0 Å².